The van der Waals surface area contributed by atoms with E-state index in [1.165, 1.54) is 23.8 Å². The number of nitrogens with one attached hydrogen (secondary N) is 2. The molecular formula is C16H15N5O2S. The van der Waals surface area contributed by atoms with Crippen LogP contribution in [0.3, 0.4) is 0 Å². The number of carbonyl (C=O) groups excluding carboxylic acids is 1. The van der Waals surface area contributed by atoms with Crippen LogP contribution in [0.4, 0.5) is 5.69 Å². The molecule has 0 saturated heterocycles. The second kappa shape index (κ2) is 7.16. The summed E-state index contributed by atoms with van der Waals surface area (Å²) >= 11 is 1.28. The van der Waals surface area contributed by atoms with E-state index in [1.807, 2.05) is 17.5 Å². The molecule has 0 aliphatic rings. The number of H-pyrrole nitrogens is 1. The molecule has 1 aromatic carbocycles. The molecule has 1 amide bonds. The van der Waals surface area contributed by atoms with Crippen molar-refractivity contribution in [1.82, 2.24) is 14.6 Å². The number of amides is 1. The van der Waals surface area contributed by atoms with Crippen molar-refractivity contribution in [3.63, 3.8) is 0 Å². The highest BCUT2D eigenvalue weighted by Gasteiger charge is 2.14. The van der Waals surface area contributed by atoms with Gasteiger partial charge in [0, 0.05) is 28.9 Å². The summed E-state index contributed by atoms with van der Waals surface area (Å²) in [4.78, 5) is 26.0. The van der Waals surface area contributed by atoms with Gasteiger partial charge in [-0.25, -0.2) is 0 Å². The molecule has 4 N–H and O–H groups in total. The van der Waals surface area contributed by atoms with Crippen molar-refractivity contribution in [1.29, 1.82) is 0 Å². The van der Waals surface area contributed by atoms with Gasteiger partial charge in [-0.1, -0.05) is 16.6 Å². The van der Waals surface area contributed by atoms with E-state index in [9.17, 15) is 9.59 Å². The molecule has 3 aromatic rings. The predicted octanol–water partition coefficient (Wildman–Crippen LogP) is 1.40. The van der Waals surface area contributed by atoms with E-state index in [0.29, 0.717) is 17.7 Å². The Morgan fingerprint density at radius 1 is 1.29 bits per heavy atom. The number of aromatic nitrogens is 3. The van der Waals surface area contributed by atoms with E-state index in [2.05, 4.69) is 19.9 Å². The van der Waals surface area contributed by atoms with Crippen molar-refractivity contribution in [2.24, 2.45) is 5.73 Å². The summed E-state index contributed by atoms with van der Waals surface area (Å²) in [5, 5.41) is 8.61. The van der Waals surface area contributed by atoms with Crippen molar-refractivity contribution in [3.8, 4) is 11.3 Å². The summed E-state index contributed by atoms with van der Waals surface area (Å²) in [5.74, 6) is -0.307. The van der Waals surface area contributed by atoms with E-state index in [-0.39, 0.29) is 11.5 Å². The van der Waals surface area contributed by atoms with Crippen LogP contribution in [0.1, 0.15) is 5.56 Å². The van der Waals surface area contributed by atoms with E-state index in [0.717, 1.165) is 11.3 Å². The maximum absolute atomic E-state index is 12.2. The Bertz CT molecular complexity index is 874. The van der Waals surface area contributed by atoms with Gasteiger partial charge >= 0.3 is 0 Å². The largest absolute Gasteiger partial charge is 0.329 e. The third-order valence-electron chi connectivity index (χ3n) is 3.44. The molecular weight excluding hydrogens is 326 g/mol. The summed E-state index contributed by atoms with van der Waals surface area (Å²) < 4.78 is 3.82. The number of pyridine rings is 1. The Labute approximate surface area is 141 Å². The zero-order chi connectivity index (χ0) is 16.9. The van der Waals surface area contributed by atoms with E-state index >= 15 is 0 Å². The van der Waals surface area contributed by atoms with E-state index in [1.54, 1.807) is 18.2 Å². The average Bonchev–Trinajstić information content (AvgIpc) is 3.10. The summed E-state index contributed by atoms with van der Waals surface area (Å²) in [6.45, 7) is 0. The van der Waals surface area contributed by atoms with Crippen LogP contribution in [-0.2, 0) is 11.2 Å². The fraction of sp³-hybridized carbons (Fsp3) is 0.125. The summed E-state index contributed by atoms with van der Waals surface area (Å²) in [7, 11) is 0. The van der Waals surface area contributed by atoms with Crippen molar-refractivity contribution >= 4 is 23.1 Å². The average molecular weight is 341 g/mol. The van der Waals surface area contributed by atoms with Gasteiger partial charge in [0.25, 0.3) is 0 Å². The molecule has 0 radical (unpaired) electrons. The van der Waals surface area contributed by atoms with Gasteiger partial charge in [0.15, 0.2) is 0 Å². The molecule has 0 aliphatic heterocycles. The minimum absolute atomic E-state index is 0.216. The van der Waals surface area contributed by atoms with Gasteiger partial charge in [-0.2, -0.15) is 0 Å². The number of benzene rings is 1. The van der Waals surface area contributed by atoms with Crippen LogP contribution in [0, 0.1) is 0 Å². The SMILES string of the molecule is NC(Cc1cc[nH]c(=O)c1)C(=O)Nc1ccc(-c2csnn2)cc1. The molecule has 0 aliphatic carbocycles. The zero-order valence-corrected chi connectivity index (χ0v) is 13.4. The molecule has 0 spiro atoms. The number of aromatic amines is 1. The second-order valence-electron chi connectivity index (χ2n) is 5.23. The van der Waals surface area contributed by atoms with Gasteiger partial charge in [0.1, 0.15) is 5.69 Å². The number of hydrogen-bond acceptors (Lipinski definition) is 6. The predicted molar refractivity (Wildman–Crippen MR) is 92.7 cm³/mol. The first-order valence-electron chi connectivity index (χ1n) is 7.23. The van der Waals surface area contributed by atoms with Gasteiger partial charge in [0.2, 0.25) is 11.5 Å². The maximum Gasteiger partial charge on any atom is 0.248 e. The lowest BCUT2D eigenvalue weighted by Crippen LogP contribution is -2.37. The smallest absolute Gasteiger partial charge is 0.248 e. The Balaban J connectivity index is 1.62. The van der Waals surface area contributed by atoms with Crippen molar-refractivity contribution in [2.75, 3.05) is 5.32 Å². The summed E-state index contributed by atoms with van der Waals surface area (Å²) in [6.07, 6.45) is 1.83. The highest BCUT2D eigenvalue weighted by molar-refractivity contribution is 7.03. The Kier molecular flexibility index (Phi) is 4.78. The summed E-state index contributed by atoms with van der Waals surface area (Å²) in [5.41, 5.74) is 8.78. The third-order valence-corrected chi connectivity index (χ3v) is 3.94. The number of rotatable bonds is 5. The zero-order valence-electron chi connectivity index (χ0n) is 12.6. The normalized spacial score (nSPS) is 11.9. The van der Waals surface area contributed by atoms with Crippen LogP contribution in [0.15, 0.2) is 52.8 Å². The molecule has 2 aromatic heterocycles. The number of nitrogens with zero attached hydrogens (tertiary/aromatic N) is 2. The lowest BCUT2D eigenvalue weighted by Gasteiger charge is -2.12. The first-order valence-corrected chi connectivity index (χ1v) is 8.07. The van der Waals surface area contributed by atoms with E-state index < -0.39 is 6.04 Å². The third kappa shape index (κ3) is 3.92. The van der Waals surface area contributed by atoms with Gasteiger partial charge < -0.3 is 16.0 Å². The summed E-state index contributed by atoms with van der Waals surface area (Å²) in [6, 6.07) is 9.70. The highest BCUT2D eigenvalue weighted by Crippen LogP contribution is 2.20. The van der Waals surface area contributed by atoms with Crippen LogP contribution in [0.5, 0.6) is 0 Å². The molecule has 0 saturated carbocycles. The molecule has 1 unspecified atom stereocenters. The number of nitrogens with two attached hydrogens (primary N) is 1. The molecule has 122 valence electrons. The van der Waals surface area contributed by atoms with Crippen molar-refractivity contribution < 1.29 is 4.79 Å². The van der Waals surface area contributed by atoms with Crippen molar-refractivity contribution in [2.45, 2.75) is 12.5 Å². The molecule has 1 atom stereocenters. The Morgan fingerprint density at radius 2 is 2.08 bits per heavy atom. The highest BCUT2D eigenvalue weighted by atomic mass is 32.1. The maximum atomic E-state index is 12.2. The van der Waals surface area contributed by atoms with Gasteiger partial charge in [-0.15, -0.1) is 5.10 Å². The van der Waals surface area contributed by atoms with Crippen LogP contribution in [0.25, 0.3) is 11.3 Å². The topological polar surface area (TPSA) is 114 Å². The van der Waals surface area contributed by atoms with Crippen LogP contribution in [0.2, 0.25) is 0 Å². The molecule has 2 heterocycles. The fourth-order valence-corrected chi connectivity index (χ4v) is 2.68. The van der Waals surface area contributed by atoms with Crippen LogP contribution in [-0.4, -0.2) is 26.5 Å². The number of hydrogen-bond donors (Lipinski definition) is 3. The minimum Gasteiger partial charge on any atom is -0.329 e. The van der Waals surface area contributed by atoms with Gasteiger partial charge in [-0.3, -0.25) is 9.59 Å². The van der Waals surface area contributed by atoms with Gasteiger partial charge in [-0.05, 0) is 41.7 Å². The lowest BCUT2D eigenvalue weighted by atomic mass is 10.1. The molecule has 24 heavy (non-hydrogen) atoms. The number of carbonyl (C=O) groups is 1. The molecule has 0 bridgehead atoms. The molecule has 3 rings (SSSR count). The van der Waals surface area contributed by atoms with E-state index in [4.69, 9.17) is 5.73 Å². The Morgan fingerprint density at radius 3 is 2.75 bits per heavy atom. The monoisotopic (exact) mass is 341 g/mol. The molecule has 7 nitrogen and oxygen atoms in total. The lowest BCUT2D eigenvalue weighted by molar-refractivity contribution is -0.117. The van der Waals surface area contributed by atoms with Crippen molar-refractivity contribution in [3.05, 3.63) is 63.9 Å². The standard InChI is InChI=1S/C16H15N5O2S/c17-13(7-10-5-6-18-15(22)8-10)16(23)19-12-3-1-11(2-4-12)14-9-24-21-20-14/h1-6,8-9,13H,7,17H2,(H,18,22)(H,19,23). The second-order valence-corrected chi connectivity index (χ2v) is 5.84. The van der Waals surface area contributed by atoms with Crippen LogP contribution >= 0.6 is 11.5 Å². The van der Waals surface area contributed by atoms with Crippen LogP contribution < -0.4 is 16.6 Å². The quantitative estimate of drug-likeness (QED) is 0.649. The number of anilines is 1. The molecule has 0 fully saturated rings. The first-order chi connectivity index (χ1) is 11.6. The Hall–Kier alpha value is -2.84. The van der Waals surface area contributed by atoms with Gasteiger partial charge in [0.05, 0.1) is 6.04 Å². The first kappa shape index (κ1) is 16.0. The fourth-order valence-electron chi connectivity index (χ4n) is 2.21. The molecule has 8 heteroatoms. The minimum atomic E-state index is -0.741.